The molecule has 1 fully saturated rings. The van der Waals surface area contributed by atoms with Crippen molar-refractivity contribution in [1.82, 2.24) is 24.6 Å². The van der Waals surface area contributed by atoms with Crippen LogP contribution in [0.3, 0.4) is 0 Å². The maximum atomic E-state index is 13.9. The lowest BCUT2D eigenvalue weighted by molar-refractivity contribution is 0.248. The number of halogens is 1. The van der Waals surface area contributed by atoms with E-state index in [0.717, 1.165) is 55.7 Å². The van der Waals surface area contributed by atoms with E-state index in [-0.39, 0.29) is 11.6 Å². The van der Waals surface area contributed by atoms with E-state index < -0.39 is 0 Å². The molecular weight excluding hydrogens is 359 g/mol. The summed E-state index contributed by atoms with van der Waals surface area (Å²) >= 11 is 0. The Balaban J connectivity index is 1.41. The Bertz CT molecular complexity index is 938. The molecule has 0 radical (unpaired) electrons. The molecular formula is C20H23FN6O. The molecule has 0 bridgehead atoms. The van der Waals surface area contributed by atoms with Gasteiger partial charge in [-0.05, 0) is 30.7 Å². The Morgan fingerprint density at radius 2 is 1.86 bits per heavy atom. The second kappa shape index (κ2) is 7.93. The molecule has 1 aliphatic heterocycles. The molecule has 7 nitrogen and oxygen atoms in total. The first-order valence-corrected chi connectivity index (χ1v) is 9.28. The van der Waals surface area contributed by atoms with E-state index in [0.29, 0.717) is 0 Å². The van der Waals surface area contributed by atoms with Crippen LogP contribution < -0.4 is 9.64 Å². The Labute approximate surface area is 163 Å². The predicted molar refractivity (Wildman–Crippen MR) is 104 cm³/mol. The molecule has 4 rings (SSSR count). The van der Waals surface area contributed by atoms with Crippen molar-refractivity contribution in [1.29, 1.82) is 0 Å². The monoisotopic (exact) mass is 382 g/mol. The molecule has 0 spiro atoms. The minimum absolute atomic E-state index is 0.278. The van der Waals surface area contributed by atoms with Gasteiger partial charge in [0.15, 0.2) is 17.4 Å². The number of benzene rings is 1. The highest BCUT2D eigenvalue weighted by Gasteiger charge is 2.20. The molecule has 0 amide bonds. The van der Waals surface area contributed by atoms with E-state index in [2.05, 4.69) is 24.9 Å². The number of nitrogens with zero attached hydrogens (tertiary/aromatic N) is 6. The molecule has 146 valence electrons. The highest BCUT2D eigenvalue weighted by Crippen LogP contribution is 2.21. The van der Waals surface area contributed by atoms with Crippen LogP contribution in [-0.4, -0.2) is 57.9 Å². The molecule has 0 atom stereocenters. The molecule has 28 heavy (non-hydrogen) atoms. The zero-order valence-corrected chi connectivity index (χ0v) is 16.0. The van der Waals surface area contributed by atoms with Crippen LogP contribution in [0.1, 0.15) is 11.4 Å². The number of hydrogen-bond donors (Lipinski definition) is 0. The lowest BCUT2D eigenvalue weighted by atomic mass is 10.2. The Morgan fingerprint density at radius 3 is 2.54 bits per heavy atom. The average Bonchev–Trinajstić information content (AvgIpc) is 3.23. The van der Waals surface area contributed by atoms with Gasteiger partial charge in [-0.3, -0.25) is 4.90 Å². The van der Waals surface area contributed by atoms with Crippen molar-refractivity contribution in [2.75, 3.05) is 38.2 Å². The summed E-state index contributed by atoms with van der Waals surface area (Å²) in [4.78, 5) is 13.6. The van der Waals surface area contributed by atoms with Crippen molar-refractivity contribution in [2.45, 2.75) is 13.5 Å². The molecule has 0 unspecified atom stereocenters. The van der Waals surface area contributed by atoms with Crippen LogP contribution in [-0.2, 0) is 6.54 Å². The Morgan fingerprint density at radius 1 is 1.07 bits per heavy atom. The van der Waals surface area contributed by atoms with Gasteiger partial charge in [-0.1, -0.05) is 6.07 Å². The number of anilines is 1. The van der Waals surface area contributed by atoms with E-state index in [4.69, 9.17) is 4.74 Å². The van der Waals surface area contributed by atoms with Gasteiger partial charge in [0.2, 0.25) is 0 Å². The van der Waals surface area contributed by atoms with Gasteiger partial charge in [-0.2, -0.15) is 5.10 Å². The first-order chi connectivity index (χ1) is 13.6. The average molecular weight is 382 g/mol. The van der Waals surface area contributed by atoms with Crippen LogP contribution in [0.5, 0.6) is 5.75 Å². The van der Waals surface area contributed by atoms with Gasteiger partial charge < -0.3 is 9.64 Å². The standard InChI is InChI=1S/C20H23FN6O/c1-15-23-19(13-20(24-15)27-7-3-6-22-27)26-10-8-25(9-11-26)14-16-4-5-18(28-2)17(21)12-16/h3-7,12-13H,8-11,14H2,1-2H3. The number of rotatable bonds is 5. The molecule has 2 aromatic heterocycles. The van der Waals surface area contributed by atoms with E-state index >= 15 is 0 Å². The summed E-state index contributed by atoms with van der Waals surface area (Å²) in [6.45, 7) is 6.09. The molecule has 0 N–H and O–H groups in total. The number of aromatic nitrogens is 4. The predicted octanol–water partition coefficient (Wildman–Crippen LogP) is 2.44. The summed E-state index contributed by atoms with van der Waals surface area (Å²) in [5, 5.41) is 4.25. The summed E-state index contributed by atoms with van der Waals surface area (Å²) in [6, 6.07) is 8.99. The second-order valence-corrected chi connectivity index (χ2v) is 6.81. The minimum atomic E-state index is -0.318. The minimum Gasteiger partial charge on any atom is -0.494 e. The van der Waals surface area contributed by atoms with Gasteiger partial charge in [0.1, 0.15) is 11.6 Å². The Hall–Kier alpha value is -3.00. The molecule has 3 heterocycles. The normalized spacial score (nSPS) is 15.0. The summed E-state index contributed by atoms with van der Waals surface area (Å²) in [5.74, 6) is 2.36. The number of aryl methyl sites for hydroxylation is 1. The van der Waals surface area contributed by atoms with Crippen LogP contribution in [0.15, 0.2) is 42.7 Å². The van der Waals surface area contributed by atoms with Crippen LogP contribution in [0.4, 0.5) is 10.2 Å². The van der Waals surface area contributed by atoms with Crippen molar-refractivity contribution in [3.05, 3.63) is 59.9 Å². The fourth-order valence-electron chi connectivity index (χ4n) is 3.42. The first-order valence-electron chi connectivity index (χ1n) is 9.28. The molecule has 1 aromatic carbocycles. The molecule has 3 aromatic rings. The van der Waals surface area contributed by atoms with Gasteiger partial charge in [0.25, 0.3) is 0 Å². The third kappa shape index (κ3) is 3.96. The number of hydrogen-bond acceptors (Lipinski definition) is 6. The largest absolute Gasteiger partial charge is 0.494 e. The summed E-state index contributed by atoms with van der Waals surface area (Å²) in [6.07, 6.45) is 3.61. The van der Waals surface area contributed by atoms with Gasteiger partial charge in [0.05, 0.1) is 7.11 Å². The fourth-order valence-corrected chi connectivity index (χ4v) is 3.42. The second-order valence-electron chi connectivity index (χ2n) is 6.81. The van der Waals surface area contributed by atoms with Crippen LogP contribution in [0.25, 0.3) is 5.82 Å². The van der Waals surface area contributed by atoms with E-state index in [1.54, 1.807) is 23.0 Å². The van der Waals surface area contributed by atoms with E-state index in [1.165, 1.54) is 7.11 Å². The van der Waals surface area contributed by atoms with E-state index in [9.17, 15) is 4.39 Å². The van der Waals surface area contributed by atoms with Crippen molar-refractivity contribution in [3.63, 3.8) is 0 Å². The number of methoxy groups -OCH3 is 1. The molecule has 1 saturated heterocycles. The number of ether oxygens (including phenoxy) is 1. The van der Waals surface area contributed by atoms with Crippen molar-refractivity contribution >= 4 is 5.82 Å². The zero-order valence-electron chi connectivity index (χ0n) is 16.0. The lowest BCUT2D eigenvalue weighted by Crippen LogP contribution is -2.46. The molecule has 1 aliphatic rings. The maximum absolute atomic E-state index is 13.9. The Kier molecular flexibility index (Phi) is 5.21. The maximum Gasteiger partial charge on any atom is 0.165 e. The van der Waals surface area contributed by atoms with Crippen LogP contribution in [0.2, 0.25) is 0 Å². The summed E-state index contributed by atoms with van der Waals surface area (Å²) in [5.41, 5.74) is 0.950. The fraction of sp³-hybridized carbons (Fsp3) is 0.350. The molecule has 0 aliphatic carbocycles. The summed E-state index contributed by atoms with van der Waals surface area (Å²) < 4.78 is 20.6. The molecule has 0 saturated carbocycles. The highest BCUT2D eigenvalue weighted by molar-refractivity contribution is 5.44. The third-order valence-corrected chi connectivity index (χ3v) is 4.87. The van der Waals surface area contributed by atoms with Crippen LogP contribution >= 0.6 is 0 Å². The topological polar surface area (TPSA) is 59.3 Å². The number of piperazine rings is 1. The SMILES string of the molecule is COc1ccc(CN2CCN(c3cc(-n4cccn4)nc(C)n3)CC2)cc1F. The van der Waals surface area contributed by atoms with Gasteiger partial charge in [-0.25, -0.2) is 19.0 Å². The van der Waals surface area contributed by atoms with E-state index in [1.807, 2.05) is 31.3 Å². The van der Waals surface area contributed by atoms with Crippen molar-refractivity contribution in [2.24, 2.45) is 0 Å². The van der Waals surface area contributed by atoms with Gasteiger partial charge in [-0.15, -0.1) is 0 Å². The first kappa shape index (κ1) is 18.4. The smallest absolute Gasteiger partial charge is 0.165 e. The quantitative estimate of drug-likeness (QED) is 0.676. The third-order valence-electron chi connectivity index (χ3n) is 4.87. The zero-order chi connectivity index (χ0) is 19.5. The van der Waals surface area contributed by atoms with Crippen molar-refractivity contribution in [3.8, 4) is 11.6 Å². The van der Waals surface area contributed by atoms with Gasteiger partial charge in [0, 0.05) is 51.2 Å². The lowest BCUT2D eigenvalue weighted by Gasteiger charge is -2.35. The van der Waals surface area contributed by atoms with Gasteiger partial charge >= 0.3 is 0 Å². The molecule has 8 heteroatoms. The highest BCUT2D eigenvalue weighted by atomic mass is 19.1. The van der Waals surface area contributed by atoms with Crippen molar-refractivity contribution < 1.29 is 9.13 Å². The summed E-state index contributed by atoms with van der Waals surface area (Å²) in [7, 11) is 1.48. The van der Waals surface area contributed by atoms with Crippen LogP contribution in [0, 0.1) is 12.7 Å².